The molecule has 4 heteroatoms. The lowest BCUT2D eigenvalue weighted by Crippen LogP contribution is -2.03. The van der Waals surface area contributed by atoms with E-state index in [0.29, 0.717) is 12.5 Å². The van der Waals surface area contributed by atoms with Gasteiger partial charge in [0.1, 0.15) is 0 Å². The summed E-state index contributed by atoms with van der Waals surface area (Å²) in [6.07, 6.45) is 3.82. The van der Waals surface area contributed by atoms with Gasteiger partial charge in [-0.15, -0.1) is 11.8 Å². The van der Waals surface area contributed by atoms with Crippen molar-refractivity contribution in [3.63, 3.8) is 0 Å². The van der Waals surface area contributed by atoms with Gasteiger partial charge in [-0.3, -0.25) is 0 Å². The zero-order valence-electron chi connectivity index (χ0n) is 11.2. The van der Waals surface area contributed by atoms with Crippen LogP contribution in [0.25, 0.3) is 0 Å². The molecular formula is C15H18N2OS. The SMILES string of the molecule is CCOc1ncccc1NCc1ccc(SC)cc1. The molecule has 0 radical (unpaired) electrons. The van der Waals surface area contributed by atoms with Crippen LogP contribution < -0.4 is 10.1 Å². The van der Waals surface area contributed by atoms with Gasteiger partial charge < -0.3 is 10.1 Å². The van der Waals surface area contributed by atoms with Crippen LogP contribution in [0.2, 0.25) is 0 Å². The molecule has 1 N–H and O–H groups in total. The summed E-state index contributed by atoms with van der Waals surface area (Å²) < 4.78 is 5.48. The molecule has 1 heterocycles. The summed E-state index contributed by atoms with van der Waals surface area (Å²) in [5.74, 6) is 0.658. The van der Waals surface area contributed by atoms with E-state index in [1.807, 2.05) is 19.1 Å². The lowest BCUT2D eigenvalue weighted by atomic mass is 10.2. The minimum atomic E-state index is 0.619. The Balaban J connectivity index is 2.01. The van der Waals surface area contributed by atoms with Gasteiger partial charge in [-0.25, -0.2) is 4.98 Å². The molecule has 0 unspecified atom stereocenters. The molecule has 19 heavy (non-hydrogen) atoms. The van der Waals surface area contributed by atoms with Gasteiger partial charge in [0.2, 0.25) is 5.88 Å². The number of pyridine rings is 1. The van der Waals surface area contributed by atoms with Gasteiger partial charge >= 0.3 is 0 Å². The van der Waals surface area contributed by atoms with Crippen LogP contribution in [0.15, 0.2) is 47.5 Å². The van der Waals surface area contributed by atoms with Crippen LogP contribution in [0.5, 0.6) is 5.88 Å². The average Bonchev–Trinajstić information content (AvgIpc) is 2.47. The van der Waals surface area contributed by atoms with E-state index < -0.39 is 0 Å². The Morgan fingerprint density at radius 3 is 2.68 bits per heavy atom. The minimum Gasteiger partial charge on any atom is -0.476 e. The number of benzene rings is 1. The molecule has 1 aromatic carbocycles. The summed E-state index contributed by atoms with van der Waals surface area (Å²) in [5, 5.41) is 3.36. The van der Waals surface area contributed by atoms with E-state index in [9.17, 15) is 0 Å². The molecule has 0 aliphatic rings. The maximum atomic E-state index is 5.48. The minimum absolute atomic E-state index is 0.619. The highest BCUT2D eigenvalue weighted by Gasteiger charge is 2.03. The number of ether oxygens (including phenoxy) is 1. The van der Waals surface area contributed by atoms with E-state index in [-0.39, 0.29) is 0 Å². The van der Waals surface area contributed by atoms with Gasteiger partial charge in [0.25, 0.3) is 0 Å². The van der Waals surface area contributed by atoms with Crippen molar-refractivity contribution in [2.45, 2.75) is 18.4 Å². The summed E-state index contributed by atoms with van der Waals surface area (Å²) in [5.41, 5.74) is 2.17. The Morgan fingerprint density at radius 2 is 2.00 bits per heavy atom. The largest absolute Gasteiger partial charge is 0.476 e. The van der Waals surface area contributed by atoms with E-state index in [1.54, 1.807) is 18.0 Å². The van der Waals surface area contributed by atoms with Crippen molar-refractivity contribution >= 4 is 17.4 Å². The fourth-order valence-corrected chi connectivity index (χ4v) is 2.13. The standard InChI is InChI=1S/C15H18N2OS/c1-3-18-15-14(5-4-10-16-15)17-11-12-6-8-13(19-2)9-7-12/h4-10,17H,3,11H2,1-2H3. The molecule has 0 aliphatic carbocycles. The number of aromatic nitrogens is 1. The van der Waals surface area contributed by atoms with Crippen LogP contribution in [0.1, 0.15) is 12.5 Å². The summed E-state index contributed by atoms with van der Waals surface area (Å²) >= 11 is 1.75. The molecule has 0 saturated carbocycles. The third kappa shape index (κ3) is 3.89. The zero-order chi connectivity index (χ0) is 13.5. The Morgan fingerprint density at radius 1 is 1.21 bits per heavy atom. The maximum absolute atomic E-state index is 5.48. The molecule has 0 fully saturated rings. The molecule has 3 nitrogen and oxygen atoms in total. The molecular weight excluding hydrogens is 256 g/mol. The smallest absolute Gasteiger partial charge is 0.237 e. The second-order valence-corrected chi connectivity index (χ2v) is 4.87. The van der Waals surface area contributed by atoms with E-state index in [2.05, 4.69) is 40.8 Å². The normalized spacial score (nSPS) is 10.2. The molecule has 0 spiro atoms. The van der Waals surface area contributed by atoms with Crippen molar-refractivity contribution < 1.29 is 4.74 Å². The van der Waals surface area contributed by atoms with Crippen molar-refractivity contribution in [1.29, 1.82) is 0 Å². The maximum Gasteiger partial charge on any atom is 0.237 e. The van der Waals surface area contributed by atoms with Crippen LogP contribution in [0.3, 0.4) is 0 Å². The van der Waals surface area contributed by atoms with Crippen molar-refractivity contribution in [3.8, 4) is 5.88 Å². The molecule has 0 bridgehead atoms. The monoisotopic (exact) mass is 274 g/mol. The third-order valence-corrected chi connectivity index (χ3v) is 3.44. The molecule has 2 rings (SSSR count). The number of rotatable bonds is 6. The molecule has 0 amide bonds. The summed E-state index contributed by atoms with van der Waals surface area (Å²) in [7, 11) is 0. The van der Waals surface area contributed by atoms with E-state index in [4.69, 9.17) is 4.74 Å². The van der Waals surface area contributed by atoms with Gasteiger partial charge in [0, 0.05) is 17.6 Å². The quantitative estimate of drug-likeness (QED) is 0.812. The van der Waals surface area contributed by atoms with E-state index in [0.717, 1.165) is 12.2 Å². The topological polar surface area (TPSA) is 34.1 Å². The Labute approximate surface area is 118 Å². The van der Waals surface area contributed by atoms with Crippen molar-refractivity contribution in [3.05, 3.63) is 48.2 Å². The van der Waals surface area contributed by atoms with E-state index >= 15 is 0 Å². The summed E-state index contributed by atoms with van der Waals surface area (Å²) in [6.45, 7) is 3.34. The fourth-order valence-electron chi connectivity index (χ4n) is 1.72. The number of anilines is 1. The fraction of sp³-hybridized carbons (Fsp3) is 0.267. The van der Waals surface area contributed by atoms with Gasteiger partial charge in [-0.2, -0.15) is 0 Å². The molecule has 2 aromatic rings. The van der Waals surface area contributed by atoms with Gasteiger partial charge in [-0.05, 0) is 43.0 Å². The van der Waals surface area contributed by atoms with Gasteiger partial charge in [0.15, 0.2) is 0 Å². The van der Waals surface area contributed by atoms with Gasteiger partial charge in [0.05, 0.1) is 12.3 Å². The number of nitrogens with zero attached hydrogens (tertiary/aromatic N) is 1. The summed E-state index contributed by atoms with van der Waals surface area (Å²) in [4.78, 5) is 5.50. The third-order valence-electron chi connectivity index (χ3n) is 2.69. The highest BCUT2D eigenvalue weighted by atomic mass is 32.2. The van der Waals surface area contributed by atoms with Crippen LogP contribution in [0.4, 0.5) is 5.69 Å². The van der Waals surface area contributed by atoms with Crippen LogP contribution in [-0.4, -0.2) is 17.8 Å². The Bertz CT molecular complexity index is 514. The molecule has 0 saturated heterocycles. The zero-order valence-corrected chi connectivity index (χ0v) is 12.0. The number of hydrogen-bond donors (Lipinski definition) is 1. The first-order valence-corrected chi connectivity index (χ1v) is 7.50. The second kappa shape index (κ2) is 7.04. The number of thioether (sulfide) groups is 1. The first-order valence-electron chi connectivity index (χ1n) is 6.28. The number of hydrogen-bond acceptors (Lipinski definition) is 4. The molecule has 0 aliphatic heterocycles. The first kappa shape index (κ1) is 13.7. The highest BCUT2D eigenvalue weighted by molar-refractivity contribution is 7.98. The Hall–Kier alpha value is -1.68. The highest BCUT2D eigenvalue weighted by Crippen LogP contribution is 2.21. The van der Waals surface area contributed by atoms with E-state index in [1.165, 1.54) is 10.5 Å². The molecule has 1 aromatic heterocycles. The Kier molecular flexibility index (Phi) is 5.10. The van der Waals surface area contributed by atoms with Crippen LogP contribution >= 0.6 is 11.8 Å². The second-order valence-electron chi connectivity index (χ2n) is 3.99. The van der Waals surface area contributed by atoms with Crippen molar-refractivity contribution in [2.75, 3.05) is 18.2 Å². The lowest BCUT2D eigenvalue weighted by molar-refractivity contribution is 0.328. The van der Waals surface area contributed by atoms with Crippen molar-refractivity contribution in [2.24, 2.45) is 0 Å². The van der Waals surface area contributed by atoms with Crippen LogP contribution in [-0.2, 0) is 6.54 Å². The molecule has 0 atom stereocenters. The predicted molar refractivity (Wildman–Crippen MR) is 81.0 cm³/mol. The van der Waals surface area contributed by atoms with Crippen LogP contribution in [0, 0.1) is 0 Å². The van der Waals surface area contributed by atoms with Gasteiger partial charge in [-0.1, -0.05) is 12.1 Å². The lowest BCUT2D eigenvalue weighted by Gasteiger charge is -2.11. The van der Waals surface area contributed by atoms with Crippen molar-refractivity contribution in [1.82, 2.24) is 4.98 Å². The first-order chi connectivity index (χ1) is 9.33. The summed E-state index contributed by atoms with van der Waals surface area (Å²) in [6, 6.07) is 12.4. The average molecular weight is 274 g/mol. The molecule has 100 valence electrons. The number of nitrogens with one attached hydrogen (secondary N) is 1. The predicted octanol–water partition coefficient (Wildman–Crippen LogP) is 3.81.